The molecule has 38 heavy (non-hydrogen) atoms. The number of benzene rings is 1. The average Bonchev–Trinajstić information content (AvgIpc) is 2.84. The van der Waals surface area contributed by atoms with E-state index in [9.17, 15) is 9.59 Å². The third kappa shape index (κ3) is 21.8. The number of nitrogens with one attached hydrogen (secondary N) is 1. The summed E-state index contributed by atoms with van der Waals surface area (Å²) in [4.78, 5) is 22.5. The lowest BCUT2D eigenvalue weighted by Crippen LogP contribution is -2.24. The van der Waals surface area contributed by atoms with Gasteiger partial charge in [0.2, 0.25) is 5.91 Å². The highest BCUT2D eigenvalue weighted by molar-refractivity contribution is 5.88. The predicted molar refractivity (Wildman–Crippen MR) is 142 cm³/mol. The molecule has 0 fully saturated rings. The number of carbonyl (C=O) groups excluding carboxylic acids is 2. The first-order valence-electron chi connectivity index (χ1n) is 12.9. The molecule has 0 atom stereocenters. The summed E-state index contributed by atoms with van der Waals surface area (Å²) in [5, 5.41) is 2.70. The zero-order valence-electron chi connectivity index (χ0n) is 23.3. The highest BCUT2D eigenvalue weighted by Crippen LogP contribution is 2.15. The summed E-state index contributed by atoms with van der Waals surface area (Å²) in [5.41, 5.74) is 0.257. The van der Waals surface area contributed by atoms with E-state index in [1.807, 2.05) is 20.8 Å². The lowest BCUT2D eigenvalue weighted by Gasteiger charge is -2.19. The molecule has 1 aromatic carbocycles. The molecule has 1 N–H and O–H groups in total. The number of ether oxygens (including phenoxy) is 8. The molecule has 0 aliphatic carbocycles. The number of esters is 1. The van der Waals surface area contributed by atoms with Crippen LogP contribution in [0.5, 0.6) is 5.75 Å². The number of carbonyl (C=O) groups is 2. The van der Waals surface area contributed by atoms with Gasteiger partial charge in [-0.3, -0.25) is 9.59 Å². The van der Waals surface area contributed by atoms with Gasteiger partial charge in [0.05, 0.1) is 85.7 Å². The van der Waals surface area contributed by atoms with E-state index in [0.29, 0.717) is 91.6 Å². The third-order valence-corrected chi connectivity index (χ3v) is 4.40. The van der Waals surface area contributed by atoms with Crippen molar-refractivity contribution in [2.24, 2.45) is 0 Å². The van der Waals surface area contributed by atoms with Gasteiger partial charge in [-0.1, -0.05) is 0 Å². The van der Waals surface area contributed by atoms with Crippen molar-refractivity contribution in [1.82, 2.24) is 0 Å². The maximum atomic E-state index is 11.5. The van der Waals surface area contributed by atoms with Gasteiger partial charge in [0.25, 0.3) is 0 Å². The van der Waals surface area contributed by atoms with E-state index in [1.54, 1.807) is 24.3 Å². The Kier molecular flexibility index (Phi) is 19.2. The van der Waals surface area contributed by atoms with Crippen molar-refractivity contribution in [2.75, 3.05) is 91.2 Å². The van der Waals surface area contributed by atoms with Crippen LogP contribution in [0.25, 0.3) is 0 Å². The van der Waals surface area contributed by atoms with E-state index < -0.39 is 5.60 Å². The second-order valence-electron chi connectivity index (χ2n) is 9.06. The van der Waals surface area contributed by atoms with Crippen molar-refractivity contribution in [1.29, 1.82) is 0 Å². The van der Waals surface area contributed by atoms with E-state index in [4.69, 9.17) is 37.9 Å². The molecular formula is C27H45NO10. The van der Waals surface area contributed by atoms with E-state index in [2.05, 4.69) is 5.32 Å². The molecular weight excluding hydrogens is 498 g/mol. The van der Waals surface area contributed by atoms with E-state index in [-0.39, 0.29) is 18.3 Å². The van der Waals surface area contributed by atoms with Gasteiger partial charge >= 0.3 is 5.97 Å². The Labute approximate surface area is 226 Å². The Morgan fingerprint density at radius 3 is 1.42 bits per heavy atom. The molecule has 0 saturated carbocycles. The molecule has 11 nitrogen and oxygen atoms in total. The lowest BCUT2D eigenvalue weighted by molar-refractivity contribution is -0.156. The molecule has 0 aliphatic rings. The van der Waals surface area contributed by atoms with Gasteiger partial charge < -0.3 is 43.2 Å². The molecule has 0 bridgehead atoms. The van der Waals surface area contributed by atoms with Gasteiger partial charge in [-0.25, -0.2) is 0 Å². The second-order valence-corrected chi connectivity index (χ2v) is 9.06. The summed E-state index contributed by atoms with van der Waals surface area (Å²) in [6.45, 7) is 12.9. The van der Waals surface area contributed by atoms with Crippen molar-refractivity contribution in [3.05, 3.63) is 24.3 Å². The van der Waals surface area contributed by atoms with Crippen LogP contribution in [0.2, 0.25) is 0 Å². The molecule has 0 radical (unpaired) electrons. The van der Waals surface area contributed by atoms with Crippen molar-refractivity contribution in [3.8, 4) is 5.75 Å². The Hall–Kier alpha value is -2.28. The normalized spacial score (nSPS) is 11.4. The molecule has 11 heteroatoms. The molecule has 218 valence electrons. The molecule has 1 aromatic rings. The zero-order valence-corrected chi connectivity index (χ0v) is 23.3. The number of amides is 1. The molecule has 0 unspecified atom stereocenters. The predicted octanol–water partition coefficient (Wildman–Crippen LogP) is 2.86. The van der Waals surface area contributed by atoms with E-state index >= 15 is 0 Å². The summed E-state index contributed by atoms with van der Waals surface area (Å²) >= 11 is 0. The molecule has 1 rings (SSSR count). The van der Waals surface area contributed by atoms with Crippen LogP contribution in [0.3, 0.4) is 0 Å². The SMILES string of the molecule is CC(=O)Nc1ccc(OCCOCCOCCOCCOCCOCCOCCC(=O)OC(C)(C)C)cc1. The van der Waals surface area contributed by atoms with Gasteiger partial charge in [0, 0.05) is 12.6 Å². The summed E-state index contributed by atoms with van der Waals surface area (Å²) in [7, 11) is 0. The van der Waals surface area contributed by atoms with Crippen LogP contribution >= 0.6 is 0 Å². The molecule has 0 heterocycles. The molecule has 1 amide bonds. The van der Waals surface area contributed by atoms with Gasteiger partial charge in [-0.15, -0.1) is 0 Å². The molecule has 0 spiro atoms. The minimum absolute atomic E-state index is 0.110. The number of anilines is 1. The summed E-state index contributed by atoms with van der Waals surface area (Å²) in [5.74, 6) is 0.338. The van der Waals surface area contributed by atoms with Crippen LogP contribution in [0, 0.1) is 0 Å². The maximum Gasteiger partial charge on any atom is 0.308 e. The zero-order chi connectivity index (χ0) is 27.9. The Morgan fingerprint density at radius 1 is 0.632 bits per heavy atom. The van der Waals surface area contributed by atoms with Gasteiger partial charge in [-0.05, 0) is 45.0 Å². The van der Waals surface area contributed by atoms with Gasteiger partial charge in [-0.2, -0.15) is 0 Å². The van der Waals surface area contributed by atoms with Crippen molar-refractivity contribution in [3.63, 3.8) is 0 Å². The van der Waals surface area contributed by atoms with Crippen LogP contribution in [0.15, 0.2) is 24.3 Å². The van der Waals surface area contributed by atoms with Gasteiger partial charge in [0.1, 0.15) is 18.0 Å². The van der Waals surface area contributed by atoms with Crippen molar-refractivity contribution >= 4 is 17.6 Å². The van der Waals surface area contributed by atoms with Crippen LogP contribution in [-0.2, 0) is 42.7 Å². The third-order valence-electron chi connectivity index (χ3n) is 4.40. The van der Waals surface area contributed by atoms with Crippen LogP contribution in [0.1, 0.15) is 34.1 Å². The Bertz CT molecular complexity index is 736. The Morgan fingerprint density at radius 2 is 1.03 bits per heavy atom. The lowest BCUT2D eigenvalue weighted by atomic mass is 10.2. The summed E-state index contributed by atoms with van der Waals surface area (Å²) in [6.07, 6.45) is 0.231. The van der Waals surface area contributed by atoms with Crippen molar-refractivity contribution < 1.29 is 47.5 Å². The first kappa shape index (κ1) is 33.7. The number of hydrogen-bond acceptors (Lipinski definition) is 10. The van der Waals surface area contributed by atoms with E-state index in [0.717, 1.165) is 5.69 Å². The molecule has 0 saturated heterocycles. The van der Waals surface area contributed by atoms with Crippen LogP contribution in [0.4, 0.5) is 5.69 Å². The molecule has 0 aliphatic heterocycles. The minimum atomic E-state index is -0.473. The first-order valence-corrected chi connectivity index (χ1v) is 12.9. The second kappa shape index (κ2) is 21.6. The van der Waals surface area contributed by atoms with Crippen molar-refractivity contribution in [2.45, 2.75) is 39.7 Å². The fourth-order valence-electron chi connectivity index (χ4n) is 2.81. The number of hydrogen-bond donors (Lipinski definition) is 1. The highest BCUT2D eigenvalue weighted by Gasteiger charge is 2.15. The Balaban J connectivity index is 1.75. The fourth-order valence-corrected chi connectivity index (χ4v) is 2.81. The first-order chi connectivity index (χ1) is 18.3. The minimum Gasteiger partial charge on any atom is -0.491 e. The quantitative estimate of drug-likeness (QED) is 0.163. The van der Waals surface area contributed by atoms with Gasteiger partial charge in [0.15, 0.2) is 0 Å². The maximum absolute atomic E-state index is 11.5. The van der Waals surface area contributed by atoms with E-state index in [1.165, 1.54) is 6.92 Å². The molecule has 0 aromatic heterocycles. The smallest absolute Gasteiger partial charge is 0.308 e. The average molecular weight is 544 g/mol. The highest BCUT2D eigenvalue weighted by atomic mass is 16.6. The fraction of sp³-hybridized carbons (Fsp3) is 0.704. The number of rotatable bonds is 23. The standard InChI is InChI=1S/C27H45NO10/c1-23(29)28-24-5-7-25(8-6-24)37-22-21-36-20-19-35-18-17-34-16-15-33-14-13-32-12-11-31-10-9-26(30)38-27(2,3)4/h5-8H,9-22H2,1-4H3,(H,28,29). The van der Waals surface area contributed by atoms with Crippen LogP contribution < -0.4 is 10.1 Å². The summed E-state index contributed by atoms with van der Waals surface area (Å²) < 4.78 is 43.3. The monoisotopic (exact) mass is 543 g/mol. The largest absolute Gasteiger partial charge is 0.491 e. The topological polar surface area (TPSA) is 120 Å². The summed E-state index contributed by atoms with van der Waals surface area (Å²) in [6, 6.07) is 7.16. The van der Waals surface area contributed by atoms with Crippen LogP contribution in [-0.4, -0.2) is 103 Å².